The fourth-order valence-electron chi connectivity index (χ4n) is 3.08. The number of benzene rings is 1. The molecule has 2 aromatic rings. The molecule has 0 aliphatic carbocycles. The van der Waals surface area contributed by atoms with Crippen LogP contribution in [-0.2, 0) is 11.3 Å². The molecule has 1 fully saturated rings. The Morgan fingerprint density at radius 2 is 1.87 bits per heavy atom. The first-order valence-electron chi connectivity index (χ1n) is 8.14. The predicted octanol–water partition coefficient (Wildman–Crippen LogP) is 2.41. The first kappa shape index (κ1) is 15.6. The number of aromatic nitrogens is 1. The van der Waals surface area contributed by atoms with Crippen molar-refractivity contribution in [2.24, 2.45) is 0 Å². The van der Waals surface area contributed by atoms with Gasteiger partial charge in [-0.05, 0) is 42.5 Å². The van der Waals surface area contributed by atoms with E-state index in [2.05, 4.69) is 0 Å². The topological polar surface area (TPSA) is 51.5 Å². The number of pyridine rings is 1. The van der Waals surface area contributed by atoms with Crippen LogP contribution in [0.3, 0.4) is 0 Å². The van der Waals surface area contributed by atoms with Gasteiger partial charge < -0.3 is 14.2 Å². The highest BCUT2D eigenvalue weighted by Gasteiger charge is 2.16. The van der Waals surface area contributed by atoms with Gasteiger partial charge in [0.2, 0.25) is 5.91 Å². The summed E-state index contributed by atoms with van der Waals surface area (Å²) in [4.78, 5) is 26.9. The summed E-state index contributed by atoms with van der Waals surface area (Å²) in [5, 5.41) is 1.43. The van der Waals surface area contributed by atoms with E-state index in [0.29, 0.717) is 5.39 Å². The summed E-state index contributed by atoms with van der Waals surface area (Å²) in [5.74, 6) is 0.747. The second-order valence-corrected chi connectivity index (χ2v) is 6.00. The van der Waals surface area contributed by atoms with Crippen LogP contribution >= 0.6 is 0 Å². The fraction of sp³-hybridized carbons (Fsp3) is 0.444. The van der Waals surface area contributed by atoms with E-state index >= 15 is 0 Å². The first-order valence-corrected chi connectivity index (χ1v) is 8.14. The van der Waals surface area contributed by atoms with Crippen molar-refractivity contribution in [2.75, 3.05) is 20.2 Å². The summed E-state index contributed by atoms with van der Waals surface area (Å²) in [6, 6.07) is 7.21. The molecule has 0 radical (unpaired) electrons. The monoisotopic (exact) mass is 314 g/mol. The molecule has 1 saturated heterocycles. The van der Waals surface area contributed by atoms with Crippen LogP contribution in [-0.4, -0.2) is 35.6 Å². The molecule has 5 heteroatoms. The van der Waals surface area contributed by atoms with Crippen molar-refractivity contribution in [2.45, 2.75) is 32.2 Å². The van der Waals surface area contributed by atoms with E-state index in [1.54, 1.807) is 25.4 Å². The van der Waals surface area contributed by atoms with Crippen LogP contribution in [0, 0.1) is 0 Å². The van der Waals surface area contributed by atoms with Crippen molar-refractivity contribution in [1.82, 2.24) is 9.47 Å². The van der Waals surface area contributed by atoms with Gasteiger partial charge in [-0.15, -0.1) is 0 Å². The summed E-state index contributed by atoms with van der Waals surface area (Å²) in [6.07, 6.45) is 6.17. The number of amides is 1. The zero-order valence-corrected chi connectivity index (χ0v) is 13.5. The van der Waals surface area contributed by atoms with Crippen LogP contribution in [0.2, 0.25) is 0 Å². The van der Waals surface area contributed by atoms with Gasteiger partial charge >= 0.3 is 0 Å². The van der Waals surface area contributed by atoms with E-state index in [-0.39, 0.29) is 18.0 Å². The average molecular weight is 314 g/mol. The van der Waals surface area contributed by atoms with Gasteiger partial charge in [0.25, 0.3) is 5.56 Å². The second kappa shape index (κ2) is 6.86. The number of nitrogens with zero attached hydrogens (tertiary/aromatic N) is 2. The van der Waals surface area contributed by atoms with Crippen molar-refractivity contribution in [3.8, 4) is 5.75 Å². The van der Waals surface area contributed by atoms with E-state index < -0.39 is 0 Å². The molecular formula is C18H22N2O3. The summed E-state index contributed by atoms with van der Waals surface area (Å²) < 4.78 is 6.68. The lowest BCUT2D eigenvalue weighted by molar-refractivity contribution is -0.131. The maximum atomic E-state index is 12.6. The Morgan fingerprint density at radius 1 is 1.13 bits per heavy atom. The maximum absolute atomic E-state index is 12.6. The maximum Gasteiger partial charge on any atom is 0.258 e. The van der Waals surface area contributed by atoms with Crippen molar-refractivity contribution in [3.63, 3.8) is 0 Å². The third-order valence-electron chi connectivity index (χ3n) is 4.45. The SMILES string of the molecule is COc1ccc2c(=O)n(CC(=O)N3CCCCCC3)ccc2c1. The van der Waals surface area contributed by atoms with Crippen molar-refractivity contribution >= 4 is 16.7 Å². The Balaban J connectivity index is 1.84. The number of rotatable bonds is 3. The number of fused-ring (bicyclic) bond motifs is 1. The van der Waals surface area contributed by atoms with Gasteiger partial charge in [0, 0.05) is 24.7 Å². The van der Waals surface area contributed by atoms with Crippen molar-refractivity contribution in [3.05, 3.63) is 40.8 Å². The lowest BCUT2D eigenvalue weighted by Gasteiger charge is -2.20. The van der Waals surface area contributed by atoms with Crippen LogP contribution in [0.5, 0.6) is 5.75 Å². The minimum absolute atomic E-state index is 0.0295. The molecule has 122 valence electrons. The summed E-state index contributed by atoms with van der Waals surface area (Å²) in [5.41, 5.74) is -0.131. The van der Waals surface area contributed by atoms with E-state index in [1.165, 1.54) is 17.4 Å². The summed E-state index contributed by atoms with van der Waals surface area (Å²) >= 11 is 0. The molecule has 1 aliphatic rings. The van der Waals surface area contributed by atoms with Crippen LogP contribution in [0.1, 0.15) is 25.7 Å². The fourth-order valence-corrected chi connectivity index (χ4v) is 3.08. The van der Waals surface area contributed by atoms with Crippen molar-refractivity contribution in [1.29, 1.82) is 0 Å². The van der Waals surface area contributed by atoms with Gasteiger partial charge in [0.15, 0.2) is 0 Å². The molecule has 0 unspecified atom stereocenters. The van der Waals surface area contributed by atoms with Crippen LogP contribution in [0.25, 0.3) is 10.8 Å². The summed E-state index contributed by atoms with van der Waals surface area (Å²) in [6.45, 7) is 1.72. The Labute approximate surface area is 135 Å². The number of carbonyl (C=O) groups excluding carboxylic acids is 1. The Morgan fingerprint density at radius 3 is 2.57 bits per heavy atom. The van der Waals surface area contributed by atoms with E-state index in [9.17, 15) is 9.59 Å². The molecule has 0 saturated carbocycles. The number of likely N-dealkylation sites (tertiary alicyclic amines) is 1. The largest absolute Gasteiger partial charge is 0.497 e. The molecule has 3 rings (SSSR count). The quantitative estimate of drug-likeness (QED) is 0.874. The van der Waals surface area contributed by atoms with E-state index in [1.807, 2.05) is 17.0 Å². The lowest BCUT2D eigenvalue weighted by Crippen LogP contribution is -2.37. The highest BCUT2D eigenvalue weighted by Crippen LogP contribution is 2.18. The molecule has 1 aliphatic heterocycles. The zero-order valence-electron chi connectivity index (χ0n) is 13.5. The second-order valence-electron chi connectivity index (χ2n) is 6.00. The third-order valence-corrected chi connectivity index (χ3v) is 4.45. The van der Waals surface area contributed by atoms with Gasteiger partial charge in [0.1, 0.15) is 12.3 Å². The molecule has 1 amide bonds. The van der Waals surface area contributed by atoms with Gasteiger partial charge in [-0.1, -0.05) is 12.8 Å². The van der Waals surface area contributed by atoms with Gasteiger partial charge in [-0.25, -0.2) is 0 Å². The molecule has 5 nitrogen and oxygen atoms in total. The molecular weight excluding hydrogens is 292 g/mol. The molecule has 0 spiro atoms. The standard InChI is InChI=1S/C18H22N2O3/c1-23-15-6-7-16-14(12-15)8-11-20(18(16)22)13-17(21)19-9-4-2-3-5-10-19/h6-8,11-12H,2-5,9-10,13H2,1H3. The predicted molar refractivity (Wildman–Crippen MR) is 89.8 cm³/mol. The molecule has 0 bridgehead atoms. The third kappa shape index (κ3) is 3.38. The number of methoxy groups -OCH3 is 1. The molecule has 1 aromatic heterocycles. The smallest absolute Gasteiger partial charge is 0.258 e. The molecule has 0 atom stereocenters. The highest BCUT2D eigenvalue weighted by molar-refractivity contribution is 5.83. The number of ether oxygens (including phenoxy) is 1. The van der Waals surface area contributed by atoms with Gasteiger partial charge in [-0.3, -0.25) is 9.59 Å². The average Bonchev–Trinajstić information content (AvgIpc) is 2.86. The minimum Gasteiger partial charge on any atom is -0.497 e. The van der Waals surface area contributed by atoms with Crippen LogP contribution in [0.4, 0.5) is 0 Å². The van der Waals surface area contributed by atoms with E-state index in [0.717, 1.165) is 37.1 Å². The lowest BCUT2D eigenvalue weighted by atomic mass is 10.1. The van der Waals surface area contributed by atoms with Gasteiger partial charge in [0.05, 0.1) is 7.11 Å². The zero-order chi connectivity index (χ0) is 16.2. The minimum atomic E-state index is -0.131. The first-order chi connectivity index (χ1) is 11.2. The number of carbonyl (C=O) groups is 1. The van der Waals surface area contributed by atoms with Gasteiger partial charge in [-0.2, -0.15) is 0 Å². The Hall–Kier alpha value is -2.30. The van der Waals surface area contributed by atoms with E-state index in [4.69, 9.17) is 4.74 Å². The normalized spacial score (nSPS) is 15.4. The highest BCUT2D eigenvalue weighted by atomic mass is 16.5. The number of hydrogen-bond donors (Lipinski definition) is 0. The van der Waals surface area contributed by atoms with Crippen LogP contribution < -0.4 is 10.3 Å². The van der Waals surface area contributed by atoms with Crippen LogP contribution in [0.15, 0.2) is 35.3 Å². The molecule has 23 heavy (non-hydrogen) atoms. The van der Waals surface area contributed by atoms with Crippen molar-refractivity contribution < 1.29 is 9.53 Å². The summed E-state index contributed by atoms with van der Waals surface area (Å²) in [7, 11) is 1.60. The Bertz CT molecular complexity index is 758. The molecule has 1 aromatic carbocycles. The molecule has 0 N–H and O–H groups in total. The Kier molecular flexibility index (Phi) is 4.65. The molecule has 2 heterocycles. The number of hydrogen-bond acceptors (Lipinski definition) is 3.